The molecule has 0 aliphatic carbocycles. The number of carbonyl (C=O) groups is 1. The van der Waals surface area contributed by atoms with Crippen molar-refractivity contribution in [2.45, 2.75) is 32.2 Å². The Bertz CT molecular complexity index is 492. The molecule has 0 aromatic heterocycles. The molecule has 1 aromatic rings. The Hall–Kier alpha value is -1.96. The second kappa shape index (κ2) is 7.16. The van der Waals surface area contributed by atoms with Crippen LogP contribution >= 0.6 is 0 Å². The van der Waals surface area contributed by atoms with Gasteiger partial charge in [-0.25, -0.2) is 0 Å². The van der Waals surface area contributed by atoms with Gasteiger partial charge in [-0.3, -0.25) is 4.79 Å². The van der Waals surface area contributed by atoms with Gasteiger partial charge in [-0.15, -0.1) is 13.2 Å². The van der Waals surface area contributed by atoms with Gasteiger partial charge in [-0.05, 0) is 31.0 Å². The SMILES string of the molecule is CCC(CCO)NC(=O)c1ccc(OC(F)(F)F)c(N)c1. The first kappa shape index (κ1) is 17.1. The molecule has 0 spiro atoms. The number of hydrogen-bond acceptors (Lipinski definition) is 4. The van der Waals surface area contributed by atoms with E-state index >= 15 is 0 Å². The first-order valence-corrected chi connectivity index (χ1v) is 6.33. The number of ether oxygens (including phenoxy) is 1. The zero-order valence-corrected chi connectivity index (χ0v) is 11.4. The quantitative estimate of drug-likeness (QED) is 0.702. The molecule has 1 unspecified atom stereocenters. The number of anilines is 1. The minimum absolute atomic E-state index is 0.0702. The lowest BCUT2D eigenvalue weighted by atomic mass is 10.1. The molecule has 5 nitrogen and oxygen atoms in total. The summed E-state index contributed by atoms with van der Waals surface area (Å²) in [6.07, 6.45) is -3.82. The van der Waals surface area contributed by atoms with Crippen molar-refractivity contribution in [2.24, 2.45) is 0 Å². The molecule has 4 N–H and O–H groups in total. The molecule has 0 aliphatic heterocycles. The molecule has 0 bridgehead atoms. The van der Waals surface area contributed by atoms with Crippen LogP contribution in [0.5, 0.6) is 5.75 Å². The lowest BCUT2D eigenvalue weighted by Crippen LogP contribution is -2.35. The number of aliphatic hydroxyl groups excluding tert-OH is 1. The van der Waals surface area contributed by atoms with Gasteiger partial charge in [0.1, 0.15) is 0 Å². The van der Waals surface area contributed by atoms with Crippen LogP contribution in [0.3, 0.4) is 0 Å². The van der Waals surface area contributed by atoms with Crippen LogP contribution < -0.4 is 15.8 Å². The fourth-order valence-corrected chi connectivity index (χ4v) is 1.71. The second-order valence-electron chi connectivity index (χ2n) is 4.39. The molecule has 0 saturated heterocycles. The van der Waals surface area contributed by atoms with Crippen molar-refractivity contribution in [1.29, 1.82) is 0 Å². The van der Waals surface area contributed by atoms with Crippen LogP contribution in [0.15, 0.2) is 18.2 Å². The van der Waals surface area contributed by atoms with E-state index in [-0.39, 0.29) is 23.9 Å². The molecule has 0 fully saturated rings. The number of benzene rings is 1. The van der Waals surface area contributed by atoms with Crippen LogP contribution in [0.25, 0.3) is 0 Å². The summed E-state index contributed by atoms with van der Waals surface area (Å²) < 4.78 is 40.0. The molecule has 0 heterocycles. The van der Waals surface area contributed by atoms with E-state index in [4.69, 9.17) is 10.8 Å². The van der Waals surface area contributed by atoms with Crippen LogP contribution in [-0.4, -0.2) is 30.0 Å². The van der Waals surface area contributed by atoms with Gasteiger partial charge in [0.25, 0.3) is 5.91 Å². The summed E-state index contributed by atoms with van der Waals surface area (Å²) in [5.41, 5.74) is 5.28. The maximum Gasteiger partial charge on any atom is 0.573 e. The number of amides is 1. The van der Waals surface area contributed by atoms with E-state index in [0.29, 0.717) is 12.8 Å². The number of carbonyl (C=O) groups excluding carboxylic acids is 1. The predicted molar refractivity (Wildman–Crippen MR) is 70.8 cm³/mol. The third-order valence-electron chi connectivity index (χ3n) is 2.80. The van der Waals surface area contributed by atoms with Crippen LogP contribution in [-0.2, 0) is 0 Å². The normalized spacial score (nSPS) is 12.8. The Balaban J connectivity index is 2.81. The van der Waals surface area contributed by atoms with E-state index in [1.165, 1.54) is 6.07 Å². The summed E-state index contributed by atoms with van der Waals surface area (Å²) in [6.45, 7) is 1.77. The zero-order valence-electron chi connectivity index (χ0n) is 11.4. The molecule has 1 aromatic carbocycles. The third kappa shape index (κ3) is 5.50. The van der Waals surface area contributed by atoms with Crippen LogP contribution in [0.2, 0.25) is 0 Å². The molecule has 118 valence electrons. The van der Waals surface area contributed by atoms with Crippen molar-refractivity contribution in [1.82, 2.24) is 5.32 Å². The monoisotopic (exact) mass is 306 g/mol. The van der Waals surface area contributed by atoms with Gasteiger partial charge < -0.3 is 20.9 Å². The summed E-state index contributed by atoms with van der Waals surface area (Å²) in [7, 11) is 0. The Morgan fingerprint density at radius 2 is 2.14 bits per heavy atom. The number of halogens is 3. The Morgan fingerprint density at radius 3 is 2.62 bits per heavy atom. The van der Waals surface area contributed by atoms with Gasteiger partial charge in [-0.2, -0.15) is 0 Å². The molecule has 1 amide bonds. The summed E-state index contributed by atoms with van der Waals surface area (Å²) >= 11 is 0. The maximum atomic E-state index is 12.1. The van der Waals surface area contributed by atoms with E-state index in [1.54, 1.807) is 0 Å². The fourth-order valence-electron chi connectivity index (χ4n) is 1.71. The second-order valence-corrected chi connectivity index (χ2v) is 4.39. The first-order chi connectivity index (χ1) is 9.76. The molecule has 0 saturated carbocycles. The topological polar surface area (TPSA) is 84.6 Å². The van der Waals surface area contributed by atoms with Gasteiger partial charge in [0.05, 0.1) is 5.69 Å². The van der Waals surface area contributed by atoms with Gasteiger partial charge >= 0.3 is 6.36 Å². The van der Waals surface area contributed by atoms with Crippen molar-refractivity contribution >= 4 is 11.6 Å². The van der Waals surface area contributed by atoms with Crippen molar-refractivity contribution < 1.29 is 27.8 Å². The van der Waals surface area contributed by atoms with Gasteiger partial charge in [0, 0.05) is 18.2 Å². The molecule has 0 radical (unpaired) electrons. The number of alkyl halides is 3. The van der Waals surface area contributed by atoms with Gasteiger partial charge in [0.15, 0.2) is 5.75 Å². The third-order valence-corrected chi connectivity index (χ3v) is 2.80. The van der Waals surface area contributed by atoms with E-state index in [1.807, 2.05) is 6.92 Å². The Labute approximate surface area is 119 Å². The zero-order chi connectivity index (χ0) is 16.0. The number of nitrogen functional groups attached to an aromatic ring is 1. The predicted octanol–water partition coefficient (Wildman–Crippen LogP) is 2.06. The molecule has 1 atom stereocenters. The van der Waals surface area contributed by atoms with Crippen molar-refractivity contribution in [2.75, 3.05) is 12.3 Å². The van der Waals surface area contributed by atoms with Crippen molar-refractivity contribution in [3.05, 3.63) is 23.8 Å². The average Bonchev–Trinajstić information content (AvgIpc) is 2.39. The smallest absolute Gasteiger partial charge is 0.404 e. The van der Waals surface area contributed by atoms with E-state index in [2.05, 4.69) is 10.1 Å². The number of aliphatic hydroxyl groups is 1. The van der Waals surface area contributed by atoms with Crippen molar-refractivity contribution in [3.63, 3.8) is 0 Å². The van der Waals surface area contributed by atoms with Gasteiger partial charge in [-0.1, -0.05) is 6.92 Å². The van der Waals surface area contributed by atoms with Crippen LogP contribution in [0, 0.1) is 0 Å². The lowest BCUT2D eigenvalue weighted by molar-refractivity contribution is -0.274. The number of nitrogens with two attached hydrogens (primary N) is 1. The highest BCUT2D eigenvalue weighted by molar-refractivity contribution is 5.95. The number of rotatable bonds is 6. The first-order valence-electron chi connectivity index (χ1n) is 6.33. The molecular formula is C13H17F3N2O3. The highest BCUT2D eigenvalue weighted by Gasteiger charge is 2.32. The van der Waals surface area contributed by atoms with Crippen LogP contribution in [0.4, 0.5) is 18.9 Å². The molecular weight excluding hydrogens is 289 g/mol. The van der Waals surface area contributed by atoms with E-state index < -0.39 is 18.0 Å². The van der Waals surface area contributed by atoms with Gasteiger partial charge in [0.2, 0.25) is 0 Å². The van der Waals surface area contributed by atoms with E-state index in [9.17, 15) is 18.0 Å². The Morgan fingerprint density at radius 1 is 1.48 bits per heavy atom. The molecule has 8 heteroatoms. The minimum atomic E-state index is -4.84. The highest BCUT2D eigenvalue weighted by Crippen LogP contribution is 2.28. The summed E-state index contributed by atoms with van der Waals surface area (Å²) in [6, 6.07) is 3.08. The van der Waals surface area contributed by atoms with Crippen molar-refractivity contribution in [3.8, 4) is 5.75 Å². The fraction of sp³-hybridized carbons (Fsp3) is 0.462. The molecule has 1 rings (SSSR count). The number of nitrogens with one attached hydrogen (secondary N) is 1. The van der Waals surface area contributed by atoms with E-state index in [0.717, 1.165) is 12.1 Å². The summed E-state index contributed by atoms with van der Waals surface area (Å²) in [5.74, 6) is -1.03. The highest BCUT2D eigenvalue weighted by atomic mass is 19.4. The Kier molecular flexibility index (Phi) is 5.83. The average molecular weight is 306 g/mol. The molecule has 21 heavy (non-hydrogen) atoms. The summed E-state index contributed by atoms with van der Waals surface area (Å²) in [4.78, 5) is 11.9. The largest absolute Gasteiger partial charge is 0.573 e. The van der Waals surface area contributed by atoms with Crippen LogP contribution in [0.1, 0.15) is 30.1 Å². The standard InChI is InChI=1S/C13H17F3N2O3/c1-2-9(5-6-19)18-12(20)8-3-4-11(10(17)7-8)21-13(14,15)16/h3-4,7,9,19H,2,5-6,17H2,1H3,(H,18,20). The number of hydrogen-bond donors (Lipinski definition) is 3. The minimum Gasteiger partial charge on any atom is -0.404 e. The summed E-state index contributed by atoms with van der Waals surface area (Å²) in [5, 5.41) is 11.5. The molecule has 0 aliphatic rings. The maximum absolute atomic E-state index is 12.1. The lowest BCUT2D eigenvalue weighted by Gasteiger charge is -2.16.